The average Bonchev–Trinajstić information content (AvgIpc) is 2.60. The highest BCUT2D eigenvalue weighted by molar-refractivity contribution is 5.31. The summed E-state index contributed by atoms with van der Waals surface area (Å²) in [4.78, 5) is 0. The maximum absolute atomic E-state index is 14.4. The van der Waals surface area contributed by atoms with Crippen LogP contribution in [0.25, 0.3) is 5.69 Å². The third kappa shape index (κ3) is 4.67. The molecule has 0 bridgehead atoms. The van der Waals surface area contributed by atoms with Crippen molar-refractivity contribution in [3.05, 3.63) is 54.1 Å². The van der Waals surface area contributed by atoms with Gasteiger partial charge in [-0.05, 0) is 12.1 Å². The van der Waals surface area contributed by atoms with Gasteiger partial charge in [0.15, 0.2) is 18.6 Å². The van der Waals surface area contributed by atoms with E-state index in [1.165, 1.54) is 29.0 Å². The van der Waals surface area contributed by atoms with E-state index in [1.54, 1.807) is 18.3 Å². The van der Waals surface area contributed by atoms with Crippen LogP contribution in [-0.4, -0.2) is 32.5 Å². The second-order valence-electron chi connectivity index (χ2n) is 5.62. The monoisotopic (exact) mass is 357 g/mol. The number of hydrogen-bond donors (Lipinski definition) is 1. The minimum absolute atomic E-state index is 0.0455. The molecule has 1 N–H and O–H groups in total. The largest absolute Gasteiger partial charge is 0.478 e. The summed E-state index contributed by atoms with van der Waals surface area (Å²) in [5.74, 6) is -0.385. The van der Waals surface area contributed by atoms with E-state index in [1.807, 2.05) is 0 Å². The summed E-state index contributed by atoms with van der Waals surface area (Å²) in [6.45, 7) is 0.399. The fourth-order valence-corrected chi connectivity index (χ4v) is 2.57. The number of nitrogens with one attached hydrogen (secondary N) is 1. The Labute approximate surface area is 142 Å². The number of hydrogen-bond acceptors (Lipinski definition) is 3. The van der Waals surface area contributed by atoms with Gasteiger partial charge in [0.2, 0.25) is 11.9 Å². The number of rotatable bonds is 4. The van der Waals surface area contributed by atoms with Crippen LogP contribution in [0.4, 0.5) is 17.6 Å². The Morgan fingerprint density at radius 2 is 2.12 bits per heavy atom. The van der Waals surface area contributed by atoms with Gasteiger partial charge in [0, 0.05) is 36.9 Å². The zero-order valence-corrected chi connectivity index (χ0v) is 13.2. The van der Waals surface area contributed by atoms with Crippen molar-refractivity contribution in [2.24, 2.45) is 0 Å². The van der Waals surface area contributed by atoms with E-state index in [0.29, 0.717) is 24.4 Å². The molecule has 1 saturated heterocycles. The van der Waals surface area contributed by atoms with Crippen molar-refractivity contribution < 1.29 is 31.6 Å². The van der Waals surface area contributed by atoms with Crippen molar-refractivity contribution >= 4 is 0 Å². The van der Waals surface area contributed by atoms with Crippen molar-refractivity contribution in [3.8, 4) is 11.4 Å². The topological polar surface area (TPSA) is 34.4 Å². The Balaban J connectivity index is 1.78. The van der Waals surface area contributed by atoms with E-state index in [2.05, 4.69) is 5.32 Å². The summed E-state index contributed by atoms with van der Waals surface area (Å²) in [6, 6.07) is 7.57. The van der Waals surface area contributed by atoms with Gasteiger partial charge in [-0.15, -0.1) is 0 Å². The van der Waals surface area contributed by atoms with Gasteiger partial charge in [0.1, 0.15) is 5.82 Å². The first-order chi connectivity index (χ1) is 11.9. The molecule has 2 aromatic rings. The summed E-state index contributed by atoms with van der Waals surface area (Å²) < 4.78 is 62.9. The fraction of sp³-hybridized carbons (Fsp3) is 0.353. The van der Waals surface area contributed by atoms with Crippen LogP contribution in [-0.2, 0) is 4.74 Å². The van der Waals surface area contributed by atoms with Gasteiger partial charge < -0.3 is 14.8 Å². The summed E-state index contributed by atoms with van der Waals surface area (Å²) in [7, 11) is 0. The maximum Gasteiger partial charge on any atom is 0.422 e. The average molecular weight is 357 g/mol. The minimum atomic E-state index is -4.41. The quantitative estimate of drug-likeness (QED) is 0.675. The molecule has 0 aliphatic carbocycles. The van der Waals surface area contributed by atoms with Crippen molar-refractivity contribution in [1.82, 2.24) is 5.32 Å². The predicted molar refractivity (Wildman–Crippen MR) is 81.0 cm³/mol. The molecule has 0 unspecified atom stereocenters. The molecule has 1 aromatic carbocycles. The molecule has 4 nitrogen and oxygen atoms in total. The molecule has 25 heavy (non-hydrogen) atoms. The zero-order chi connectivity index (χ0) is 17.9. The van der Waals surface area contributed by atoms with Crippen molar-refractivity contribution in [1.29, 1.82) is 0 Å². The van der Waals surface area contributed by atoms with E-state index in [4.69, 9.17) is 9.47 Å². The first-order valence-electron chi connectivity index (χ1n) is 7.75. The highest BCUT2D eigenvalue weighted by Crippen LogP contribution is 2.23. The van der Waals surface area contributed by atoms with Crippen LogP contribution >= 0.6 is 0 Å². The lowest BCUT2D eigenvalue weighted by atomic mass is 10.1. The smallest absolute Gasteiger partial charge is 0.422 e. The van der Waals surface area contributed by atoms with Crippen molar-refractivity contribution in [2.45, 2.75) is 12.3 Å². The van der Waals surface area contributed by atoms with Crippen LogP contribution in [0.5, 0.6) is 5.75 Å². The summed E-state index contributed by atoms with van der Waals surface area (Å²) in [5, 5.41) is 3.14. The summed E-state index contributed by atoms with van der Waals surface area (Å²) in [6.07, 6.45) is -1.79. The van der Waals surface area contributed by atoms with E-state index in [9.17, 15) is 17.6 Å². The molecule has 0 saturated carbocycles. The number of morpholine rings is 1. The standard InChI is InChI=1S/C17H17F4N2O2/c18-15-8-12(3-4-14(15)16-9-22-5-7-24-16)23-6-1-2-13(10-23)25-11-17(19,20)21/h1-4,6,8,10,16,22H,5,7,9,11H2/q+1/t16-/m0/s1. The molecule has 3 rings (SSSR count). The number of alkyl halides is 3. The maximum atomic E-state index is 14.4. The lowest BCUT2D eigenvalue weighted by Gasteiger charge is -2.24. The van der Waals surface area contributed by atoms with E-state index in [0.717, 1.165) is 6.54 Å². The van der Waals surface area contributed by atoms with Gasteiger partial charge in [-0.25, -0.2) is 4.39 Å². The Kier molecular flexibility index (Phi) is 5.19. The lowest BCUT2D eigenvalue weighted by molar-refractivity contribution is -0.596. The van der Waals surface area contributed by atoms with Gasteiger partial charge in [-0.1, -0.05) is 0 Å². The Bertz CT molecular complexity index is 731. The van der Waals surface area contributed by atoms with Gasteiger partial charge in [0.05, 0.1) is 12.7 Å². The second kappa shape index (κ2) is 7.37. The van der Waals surface area contributed by atoms with E-state index >= 15 is 0 Å². The molecule has 1 fully saturated rings. The van der Waals surface area contributed by atoms with E-state index in [-0.39, 0.29) is 11.9 Å². The zero-order valence-electron chi connectivity index (χ0n) is 13.2. The first-order valence-corrected chi connectivity index (χ1v) is 7.75. The number of pyridine rings is 1. The van der Waals surface area contributed by atoms with Crippen LogP contribution in [0.2, 0.25) is 0 Å². The lowest BCUT2D eigenvalue weighted by Crippen LogP contribution is -2.34. The van der Waals surface area contributed by atoms with Crippen molar-refractivity contribution in [3.63, 3.8) is 0 Å². The van der Waals surface area contributed by atoms with Gasteiger partial charge in [-0.2, -0.15) is 17.7 Å². The molecule has 1 aromatic heterocycles. The molecule has 0 spiro atoms. The molecular formula is C17H17F4N2O2+. The number of aromatic nitrogens is 1. The highest BCUT2D eigenvalue weighted by Gasteiger charge is 2.29. The summed E-state index contributed by atoms with van der Waals surface area (Å²) >= 11 is 0. The van der Waals surface area contributed by atoms with Crippen molar-refractivity contribution in [2.75, 3.05) is 26.3 Å². The number of benzene rings is 1. The van der Waals surface area contributed by atoms with Crippen LogP contribution in [0.3, 0.4) is 0 Å². The van der Waals surface area contributed by atoms with Gasteiger partial charge >= 0.3 is 6.18 Å². The summed E-state index contributed by atoms with van der Waals surface area (Å²) in [5.41, 5.74) is 0.920. The van der Waals surface area contributed by atoms with E-state index < -0.39 is 18.6 Å². The number of nitrogens with zero attached hydrogens (tertiary/aromatic N) is 1. The molecule has 134 valence electrons. The third-order valence-corrected chi connectivity index (χ3v) is 3.73. The van der Waals surface area contributed by atoms with Crippen LogP contribution in [0.15, 0.2) is 42.7 Å². The Morgan fingerprint density at radius 1 is 1.28 bits per heavy atom. The SMILES string of the molecule is Fc1cc(-[n+]2cccc(OCC(F)(F)F)c2)ccc1[C@@H]1CNCCO1. The Hall–Kier alpha value is -2.19. The molecular weight excluding hydrogens is 340 g/mol. The minimum Gasteiger partial charge on any atom is -0.478 e. The fourth-order valence-electron chi connectivity index (χ4n) is 2.57. The molecule has 8 heteroatoms. The van der Waals surface area contributed by atoms with Crippen LogP contribution < -0.4 is 14.6 Å². The number of halogens is 4. The Morgan fingerprint density at radius 3 is 2.80 bits per heavy atom. The third-order valence-electron chi connectivity index (χ3n) is 3.73. The normalized spacial score (nSPS) is 18.2. The van der Waals surface area contributed by atoms with Gasteiger partial charge in [-0.3, -0.25) is 0 Å². The predicted octanol–water partition coefficient (Wildman–Crippen LogP) is 2.70. The van der Waals surface area contributed by atoms with Crippen LogP contribution in [0, 0.1) is 5.82 Å². The molecule has 0 radical (unpaired) electrons. The molecule has 0 amide bonds. The van der Waals surface area contributed by atoms with Crippen LogP contribution in [0.1, 0.15) is 11.7 Å². The first kappa shape index (κ1) is 17.6. The molecule has 2 heterocycles. The van der Waals surface area contributed by atoms with Gasteiger partial charge in [0.25, 0.3) is 0 Å². The molecule has 1 aliphatic heterocycles. The number of ether oxygens (including phenoxy) is 2. The second-order valence-corrected chi connectivity index (χ2v) is 5.62. The molecule has 1 atom stereocenters. The molecule has 1 aliphatic rings. The highest BCUT2D eigenvalue weighted by atomic mass is 19.4.